The van der Waals surface area contributed by atoms with E-state index in [1.54, 1.807) is 14.2 Å². The van der Waals surface area contributed by atoms with E-state index in [0.29, 0.717) is 18.1 Å². The molecule has 2 atom stereocenters. The maximum Gasteiger partial charge on any atom is 0.203 e. The molecule has 158 valence electrons. The molecule has 0 aromatic heterocycles. The molecule has 3 aliphatic rings. The van der Waals surface area contributed by atoms with Crippen LogP contribution in [0, 0.1) is 0 Å². The molecular formula is C24H28N2O4. The number of fused-ring (bicyclic) bond motifs is 4. The molecule has 1 fully saturated rings. The summed E-state index contributed by atoms with van der Waals surface area (Å²) in [6.07, 6.45) is 2.36. The number of benzene rings is 2. The van der Waals surface area contributed by atoms with E-state index in [4.69, 9.17) is 24.0 Å². The molecule has 30 heavy (non-hydrogen) atoms. The lowest BCUT2D eigenvalue weighted by atomic mass is 9.86. The molecular weight excluding hydrogens is 380 g/mol. The maximum absolute atomic E-state index is 6.67. The Morgan fingerprint density at radius 3 is 2.63 bits per heavy atom. The van der Waals surface area contributed by atoms with Crippen molar-refractivity contribution in [1.82, 2.24) is 5.01 Å². The molecule has 2 aromatic carbocycles. The third kappa shape index (κ3) is 3.01. The molecule has 0 radical (unpaired) electrons. The normalized spacial score (nSPS) is 26.5. The average Bonchev–Trinajstić information content (AvgIpc) is 3.19. The molecule has 3 aliphatic heterocycles. The van der Waals surface area contributed by atoms with Gasteiger partial charge in [-0.25, -0.2) is 5.01 Å². The van der Waals surface area contributed by atoms with Crippen LogP contribution in [0.2, 0.25) is 0 Å². The highest BCUT2D eigenvalue weighted by atomic mass is 16.5. The lowest BCUT2D eigenvalue weighted by Crippen LogP contribution is -2.60. The van der Waals surface area contributed by atoms with Crippen molar-refractivity contribution in [3.8, 4) is 17.2 Å². The molecule has 0 unspecified atom stereocenters. The van der Waals surface area contributed by atoms with Crippen molar-refractivity contribution in [1.29, 1.82) is 0 Å². The van der Waals surface area contributed by atoms with Crippen molar-refractivity contribution in [3.63, 3.8) is 0 Å². The second-order valence-electron chi connectivity index (χ2n) is 8.80. The summed E-state index contributed by atoms with van der Waals surface area (Å²) in [4.78, 5) is 0. The summed E-state index contributed by atoms with van der Waals surface area (Å²) in [6.45, 7) is 4.91. The Kier molecular flexibility index (Phi) is 4.43. The lowest BCUT2D eigenvalue weighted by Gasteiger charge is -2.52. The fourth-order valence-corrected chi connectivity index (χ4v) is 4.99. The van der Waals surface area contributed by atoms with E-state index in [-0.39, 0.29) is 11.6 Å². The maximum atomic E-state index is 6.67. The molecule has 0 amide bonds. The third-order valence-corrected chi connectivity index (χ3v) is 6.31. The SMILES string of the molecule is COc1ccc(C2=NN3[C@@H](C2)c2ccccc2O[C@]32CCOC(C)(C)C2)cc1OC. The minimum absolute atomic E-state index is 0.145. The molecule has 6 nitrogen and oxygen atoms in total. The highest BCUT2D eigenvalue weighted by Crippen LogP contribution is 2.51. The summed E-state index contributed by atoms with van der Waals surface area (Å²) in [7, 11) is 3.31. The Labute approximate surface area is 177 Å². The number of ether oxygens (including phenoxy) is 4. The predicted octanol–water partition coefficient (Wildman–Crippen LogP) is 4.53. The van der Waals surface area contributed by atoms with Crippen LogP contribution in [-0.4, -0.2) is 42.9 Å². The molecule has 0 N–H and O–H groups in total. The first-order valence-electron chi connectivity index (χ1n) is 10.5. The summed E-state index contributed by atoms with van der Waals surface area (Å²) < 4.78 is 23.6. The smallest absolute Gasteiger partial charge is 0.203 e. The fraction of sp³-hybridized carbons (Fsp3) is 0.458. The van der Waals surface area contributed by atoms with Crippen molar-refractivity contribution < 1.29 is 18.9 Å². The van der Waals surface area contributed by atoms with E-state index in [1.807, 2.05) is 24.3 Å². The zero-order valence-corrected chi connectivity index (χ0v) is 18.0. The summed E-state index contributed by atoms with van der Waals surface area (Å²) in [5.41, 5.74) is 2.49. The van der Waals surface area contributed by atoms with Crippen LogP contribution < -0.4 is 14.2 Å². The van der Waals surface area contributed by atoms with Crippen molar-refractivity contribution in [3.05, 3.63) is 53.6 Å². The lowest BCUT2D eigenvalue weighted by molar-refractivity contribution is -0.212. The number of hydrogen-bond donors (Lipinski definition) is 0. The molecule has 2 aromatic rings. The summed E-state index contributed by atoms with van der Waals surface area (Å²) in [5, 5.41) is 7.33. The highest BCUT2D eigenvalue weighted by Gasteiger charge is 2.54. The van der Waals surface area contributed by atoms with Gasteiger partial charge in [-0.05, 0) is 38.1 Å². The summed E-state index contributed by atoms with van der Waals surface area (Å²) in [5.74, 6) is 2.38. The number of hydrogen-bond acceptors (Lipinski definition) is 6. The van der Waals surface area contributed by atoms with Crippen LogP contribution in [0.1, 0.15) is 50.3 Å². The van der Waals surface area contributed by atoms with Gasteiger partial charge >= 0.3 is 0 Å². The molecule has 3 heterocycles. The predicted molar refractivity (Wildman–Crippen MR) is 114 cm³/mol. The molecule has 0 bridgehead atoms. The Morgan fingerprint density at radius 1 is 1.07 bits per heavy atom. The topological polar surface area (TPSA) is 52.5 Å². The first-order valence-corrected chi connectivity index (χ1v) is 10.5. The summed E-state index contributed by atoms with van der Waals surface area (Å²) >= 11 is 0. The average molecular weight is 408 g/mol. The van der Waals surface area contributed by atoms with Gasteiger partial charge in [0.2, 0.25) is 5.72 Å². The van der Waals surface area contributed by atoms with Gasteiger partial charge in [-0.1, -0.05) is 18.2 Å². The van der Waals surface area contributed by atoms with Crippen LogP contribution in [-0.2, 0) is 4.74 Å². The van der Waals surface area contributed by atoms with Crippen molar-refractivity contribution in [2.45, 2.75) is 50.5 Å². The van der Waals surface area contributed by atoms with Gasteiger partial charge < -0.3 is 18.9 Å². The fourth-order valence-electron chi connectivity index (χ4n) is 4.99. The minimum atomic E-state index is -0.501. The monoisotopic (exact) mass is 408 g/mol. The Morgan fingerprint density at radius 2 is 1.87 bits per heavy atom. The molecule has 5 rings (SSSR count). The second kappa shape index (κ2) is 6.91. The quantitative estimate of drug-likeness (QED) is 0.747. The molecule has 6 heteroatoms. The van der Waals surface area contributed by atoms with Gasteiger partial charge in [-0.15, -0.1) is 0 Å². The van der Waals surface area contributed by atoms with E-state index < -0.39 is 5.72 Å². The van der Waals surface area contributed by atoms with Gasteiger partial charge in [0.05, 0.1) is 38.2 Å². The van der Waals surface area contributed by atoms with E-state index in [9.17, 15) is 0 Å². The standard InChI is InChI=1S/C24H28N2O4/c1-23(2)15-24(11-12-29-23)26-19(17-7-5-6-8-20(17)30-24)14-18(25-26)16-9-10-21(27-3)22(13-16)28-4/h5-10,13,19H,11-12,14-15H2,1-4H3/t19-,24-/m0/s1. The van der Waals surface area contributed by atoms with Gasteiger partial charge in [-0.3, -0.25) is 0 Å². The first-order chi connectivity index (χ1) is 14.4. The number of rotatable bonds is 3. The van der Waals surface area contributed by atoms with E-state index in [2.05, 4.69) is 37.1 Å². The van der Waals surface area contributed by atoms with Crippen LogP contribution in [0.5, 0.6) is 17.2 Å². The molecule has 1 saturated heterocycles. The van der Waals surface area contributed by atoms with E-state index in [0.717, 1.165) is 36.3 Å². The van der Waals surface area contributed by atoms with Crippen LogP contribution >= 0.6 is 0 Å². The largest absolute Gasteiger partial charge is 0.493 e. The highest BCUT2D eigenvalue weighted by molar-refractivity contribution is 6.02. The van der Waals surface area contributed by atoms with Gasteiger partial charge in [0, 0.05) is 30.4 Å². The molecule has 0 saturated carbocycles. The van der Waals surface area contributed by atoms with Gasteiger partial charge in [0.25, 0.3) is 0 Å². The summed E-state index contributed by atoms with van der Waals surface area (Å²) in [6, 6.07) is 14.5. The Hall–Kier alpha value is -2.73. The number of nitrogens with zero attached hydrogens (tertiary/aromatic N) is 2. The Balaban J connectivity index is 1.58. The van der Waals surface area contributed by atoms with E-state index in [1.165, 1.54) is 5.56 Å². The van der Waals surface area contributed by atoms with Crippen LogP contribution in [0.15, 0.2) is 47.6 Å². The third-order valence-electron chi connectivity index (χ3n) is 6.31. The van der Waals surface area contributed by atoms with Crippen LogP contribution in [0.25, 0.3) is 0 Å². The number of methoxy groups -OCH3 is 2. The van der Waals surface area contributed by atoms with Crippen molar-refractivity contribution >= 4 is 5.71 Å². The molecule has 1 spiro atoms. The molecule has 0 aliphatic carbocycles. The second-order valence-corrected chi connectivity index (χ2v) is 8.80. The van der Waals surface area contributed by atoms with Crippen LogP contribution in [0.3, 0.4) is 0 Å². The van der Waals surface area contributed by atoms with Gasteiger partial charge in [0.15, 0.2) is 11.5 Å². The van der Waals surface area contributed by atoms with Gasteiger partial charge in [0.1, 0.15) is 5.75 Å². The van der Waals surface area contributed by atoms with E-state index >= 15 is 0 Å². The zero-order valence-electron chi connectivity index (χ0n) is 18.0. The first kappa shape index (κ1) is 19.2. The minimum Gasteiger partial charge on any atom is -0.493 e. The zero-order chi connectivity index (χ0) is 20.9. The van der Waals surface area contributed by atoms with Crippen molar-refractivity contribution in [2.24, 2.45) is 5.10 Å². The Bertz CT molecular complexity index is 1000. The van der Waals surface area contributed by atoms with Crippen LogP contribution in [0.4, 0.5) is 0 Å². The number of hydrazone groups is 1. The van der Waals surface area contributed by atoms with Crippen molar-refractivity contribution in [2.75, 3.05) is 20.8 Å². The number of para-hydroxylation sites is 1. The van der Waals surface area contributed by atoms with Gasteiger partial charge in [-0.2, -0.15) is 5.10 Å².